The lowest BCUT2D eigenvalue weighted by atomic mass is 10.2. The fourth-order valence-electron chi connectivity index (χ4n) is 2.41. The van der Waals surface area contributed by atoms with E-state index in [4.69, 9.17) is 9.47 Å². The summed E-state index contributed by atoms with van der Waals surface area (Å²) in [6, 6.07) is 9.50. The molecule has 0 unspecified atom stereocenters. The number of hydrogen-bond acceptors (Lipinski definition) is 6. The molecule has 1 heterocycles. The van der Waals surface area contributed by atoms with Gasteiger partial charge in [0.2, 0.25) is 10.0 Å². The maximum absolute atomic E-state index is 12.8. The first kappa shape index (κ1) is 19.9. The van der Waals surface area contributed by atoms with Gasteiger partial charge in [-0.1, -0.05) is 19.9 Å². The van der Waals surface area contributed by atoms with Gasteiger partial charge >= 0.3 is 5.97 Å². The number of pyridine rings is 1. The molecular formula is C18H22N2O5S. The third-order valence-electron chi connectivity index (χ3n) is 3.80. The van der Waals surface area contributed by atoms with E-state index in [1.165, 1.54) is 29.6 Å². The van der Waals surface area contributed by atoms with Gasteiger partial charge in [-0.2, -0.15) is 4.31 Å². The predicted molar refractivity (Wildman–Crippen MR) is 96.5 cm³/mol. The standard InChI is InChI=1S/C18H22N2O5S/c1-4-20(5-2)26(22,23)17-12-14(9-10-16(17)24-3)18(21)25-13-15-8-6-7-11-19-15/h6-12H,4-5,13H2,1-3H3. The second-order valence-electron chi connectivity index (χ2n) is 5.35. The number of sulfonamides is 1. The van der Waals surface area contributed by atoms with Crippen LogP contribution >= 0.6 is 0 Å². The van der Waals surface area contributed by atoms with Gasteiger partial charge < -0.3 is 9.47 Å². The highest BCUT2D eigenvalue weighted by atomic mass is 32.2. The summed E-state index contributed by atoms with van der Waals surface area (Å²) in [5.74, 6) is -0.451. The Morgan fingerprint density at radius 3 is 2.46 bits per heavy atom. The van der Waals surface area contributed by atoms with E-state index in [-0.39, 0.29) is 22.8 Å². The highest BCUT2D eigenvalue weighted by molar-refractivity contribution is 7.89. The van der Waals surface area contributed by atoms with E-state index in [1.807, 2.05) is 0 Å². The zero-order valence-corrected chi connectivity index (χ0v) is 15.8. The van der Waals surface area contributed by atoms with Gasteiger partial charge in [0.1, 0.15) is 17.3 Å². The fourth-order valence-corrected chi connectivity index (χ4v) is 4.05. The Morgan fingerprint density at radius 1 is 1.15 bits per heavy atom. The van der Waals surface area contributed by atoms with Gasteiger partial charge in [0.25, 0.3) is 0 Å². The van der Waals surface area contributed by atoms with Crippen molar-refractivity contribution in [2.24, 2.45) is 0 Å². The molecule has 1 aromatic heterocycles. The number of rotatable bonds is 8. The van der Waals surface area contributed by atoms with Crippen molar-refractivity contribution in [2.45, 2.75) is 25.3 Å². The number of hydrogen-bond donors (Lipinski definition) is 0. The van der Waals surface area contributed by atoms with Crippen LogP contribution in [0.3, 0.4) is 0 Å². The molecule has 0 spiro atoms. The highest BCUT2D eigenvalue weighted by Crippen LogP contribution is 2.28. The lowest BCUT2D eigenvalue weighted by Crippen LogP contribution is -2.31. The van der Waals surface area contributed by atoms with Crippen LogP contribution in [-0.2, 0) is 21.4 Å². The van der Waals surface area contributed by atoms with Crippen LogP contribution in [0.4, 0.5) is 0 Å². The van der Waals surface area contributed by atoms with Crippen LogP contribution in [0.15, 0.2) is 47.5 Å². The number of methoxy groups -OCH3 is 1. The molecule has 26 heavy (non-hydrogen) atoms. The summed E-state index contributed by atoms with van der Waals surface area (Å²) >= 11 is 0. The number of esters is 1. The molecule has 0 N–H and O–H groups in total. The molecule has 0 aliphatic carbocycles. The molecule has 8 heteroatoms. The van der Waals surface area contributed by atoms with E-state index >= 15 is 0 Å². The minimum Gasteiger partial charge on any atom is -0.495 e. The zero-order chi connectivity index (χ0) is 19.2. The van der Waals surface area contributed by atoms with Crippen LogP contribution in [0.5, 0.6) is 5.75 Å². The number of aromatic nitrogens is 1. The second-order valence-corrected chi connectivity index (χ2v) is 7.26. The molecule has 0 aliphatic rings. The minimum atomic E-state index is -3.78. The van der Waals surface area contributed by atoms with Crippen LogP contribution in [0.2, 0.25) is 0 Å². The Bertz CT molecular complexity index is 849. The molecule has 7 nitrogen and oxygen atoms in total. The van der Waals surface area contributed by atoms with E-state index in [0.29, 0.717) is 18.8 Å². The van der Waals surface area contributed by atoms with Gasteiger partial charge in [0.05, 0.1) is 18.4 Å². The molecular weight excluding hydrogens is 356 g/mol. The second kappa shape index (κ2) is 8.77. The lowest BCUT2D eigenvalue weighted by molar-refractivity contribution is 0.0467. The van der Waals surface area contributed by atoms with Gasteiger partial charge in [-0.25, -0.2) is 13.2 Å². The third kappa shape index (κ3) is 4.39. The van der Waals surface area contributed by atoms with Crippen molar-refractivity contribution in [2.75, 3.05) is 20.2 Å². The molecule has 0 aliphatic heterocycles. The van der Waals surface area contributed by atoms with Crippen LogP contribution in [0.25, 0.3) is 0 Å². The Labute approximate surface area is 153 Å². The van der Waals surface area contributed by atoms with Crippen LogP contribution in [-0.4, -0.2) is 43.9 Å². The molecule has 0 bridgehead atoms. The van der Waals surface area contributed by atoms with Crippen LogP contribution in [0, 0.1) is 0 Å². The van der Waals surface area contributed by atoms with Gasteiger partial charge in [-0.3, -0.25) is 4.98 Å². The van der Waals surface area contributed by atoms with Crippen molar-refractivity contribution in [3.8, 4) is 5.75 Å². The number of nitrogens with zero attached hydrogens (tertiary/aromatic N) is 2. The van der Waals surface area contributed by atoms with Crippen LogP contribution < -0.4 is 4.74 Å². The Morgan fingerprint density at radius 2 is 1.88 bits per heavy atom. The van der Waals surface area contributed by atoms with Gasteiger partial charge in [-0.15, -0.1) is 0 Å². The molecule has 140 valence electrons. The molecule has 2 rings (SSSR count). The summed E-state index contributed by atoms with van der Waals surface area (Å²) < 4.78 is 37.3. The molecule has 0 saturated heterocycles. The SMILES string of the molecule is CCN(CC)S(=O)(=O)c1cc(C(=O)OCc2ccccn2)ccc1OC. The monoisotopic (exact) mass is 378 g/mol. The van der Waals surface area contributed by atoms with Crippen molar-refractivity contribution in [1.82, 2.24) is 9.29 Å². The largest absolute Gasteiger partial charge is 0.495 e. The van der Waals surface area contributed by atoms with Crippen LogP contribution in [0.1, 0.15) is 29.9 Å². The summed E-state index contributed by atoms with van der Waals surface area (Å²) in [6.45, 7) is 4.13. The first-order valence-electron chi connectivity index (χ1n) is 8.19. The Kier molecular flexibility index (Phi) is 6.70. The first-order chi connectivity index (χ1) is 12.4. The molecule has 0 saturated carbocycles. The summed E-state index contributed by atoms with van der Waals surface area (Å²) in [4.78, 5) is 16.3. The first-order valence-corrected chi connectivity index (χ1v) is 9.63. The molecule has 0 atom stereocenters. The highest BCUT2D eigenvalue weighted by Gasteiger charge is 2.27. The maximum atomic E-state index is 12.8. The summed E-state index contributed by atoms with van der Waals surface area (Å²) in [6.07, 6.45) is 1.60. The van der Waals surface area contributed by atoms with Gasteiger partial charge in [0.15, 0.2) is 0 Å². The zero-order valence-electron chi connectivity index (χ0n) is 15.0. The Balaban J connectivity index is 2.29. The van der Waals surface area contributed by atoms with E-state index < -0.39 is 16.0 Å². The number of carbonyl (C=O) groups is 1. The maximum Gasteiger partial charge on any atom is 0.338 e. The van der Waals surface area contributed by atoms with Crippen molar-refractivity contribution < 1.29 is 22.7 Å². The Hall–Kier alpha value is -2.45. The summed E-state index contributed by atoms with van der Waals surface area (Å²) in [5, 5.41) is 0. The number of benzene rings is 1. The van der Waals surface area contributed by atoms with Crippen molar-refractivity contribution >= 4 is 16.0 Å². The summed E-state index contributed by atoms with van der Waals surface area (Å²) in [5.41, 5.74) is 0.734. The topological polar surface area (TPSA) is 85.8 Å². The molecule has 2 aromatic rings. The van der Waals surface area contributed by atoms with E-state index in [1.54, 1.807) is 38.2 Å². The molecule has 0 radical (unpaired) electrons. The van der Waals surface area contributed by atoms with Crippen molar-refractivity contribution in [3.05, 3.63) is 53.9 Å². The van der Waals surface area contributed by atoms with Crippen molar-refractivity contribution in [1.29, 1.82) is 0 Å². The third-order valence-corrected chi connectivity index (χ3v) is 5.87. The van der Waals surface area contributed by atoms with E-state index in [2.05, 4.69) is 4.98 Å². The average Bonchev–Trinajstić information content (AvgIpc) is 2.67. The molecule has 1 aromatic carbocycles. The normalized spacial score (nSPS) is 11.4. The van der Waals surface area contributed by atoms with Gasteiger partial charge in [0, 0.05) is 19.3 Å². The predicted octanol–water partition coefficient (Wildman–Crippen LogP) is 2.48. The molecule has 0 amide bonds. The lowest BCUT2D eigenvalue weighted by Gasteiger charge is -2.20. The van der Waals surface area contributed by atoms with E-state index in [0.717, 1.165) is 0 Å². The quantitative estimate of drug-likeness (QED) is 0.656. The molecule has 0 fully saturated rings. The fraction of sp³-hybridized carbons (Fsp3) is 0.333. The van der Waals surface area contributed by atoms with Crippen molar-refractivity contribution in [3.63, 3.8) is 0 Å². The number of ether oxygens (including phenoxy) is 2. The average molecular weight is 378 g/mol. The summed E-state index contributed by atoms with van der Waals surface area (Å²) in [7, 11) is -2.39. The number of carbonyl (C=O) groups excluding carboxylic acids is 1. The minimum absolute atomic E-state index is 0.00380. The van der Waals surface area contributed by atoms with Gasteiger partial charge in [-0.05, 0) is 30.3 Å². The van der Waals surface area contributed by atoms with E-state index in [9.17, 15) is 13.2 Å². The smallest absolute Gasteiger partial charge is 0.338 e.